The Labute approximate surface area is 107 Å². The molecule has 1 unspecified atom stereocenters. The third-order valence-electron chi connectivity index (χ3n) is 2.94. The molecule has 18 heavy (non-hydrogen) atoms. The number of rotatable bonds is 4. The molecular formula is C12H22N4O2. The van der Waals surface area contributed by atoms with Crippen molar-refractivity contribution in [3.05, 3.63) is 11.6 Å². The number of aromatic amines is 1. The molecule has 1 amide bonds. The van der Waals surface area contributed by atoms with Crippen LogP contribution in [0.4, 0.5) is 0 Å². The molecule has 0 bridgehead atoms. The second-order valence-electron chi connectivity index (χ2n) is 5.78. The zero-order valence-electron chi connectivity index (χ0n) is 11.7. The van der Waals surface area contributed by atoms with Gasteiger partial charge in [0.25, 0.3) is 5.91 Å². The van der Waals surface area contributed by atoms with Crippen molar-refractivity contribution in [1.82, 2.24) is 20.5 Å². The lowest BCUT2D eigenvalue weighted by molar-refractivity contribution is 0.0837. The van der Waals surface area contributed by atoms with E-state index in [1.165, 1.54) is 0 Å². The number of aliphatic hydroxyl groups is 1. The molecule has 0 aliphatic rings. The topological polar surface area (TPSA) is 90.9 Å². The normalized spacial score (nSPS) is 15.2. The van der Waals surface area contributed by atoms with Gasteiger partial charge in [-0.25, -0.2) is 4.98 Å². The van der Waals surface area contributed by atoms with E-state index >= 15 is 0 Å². The molecule has 1 heterocycles. The molecule has 0 aliphatic carbocycles. The lowest BCUT2D eigenvalue weighted by atomic mass is 9.96. The van der Waals surface area contributed by atoms with Crippen LogP contribution < -0.4 is 5.32 Å². The van der Waals surface area contributed by atoms with E-state index in [0.29, 0.717) is 12.2 Å². The molecule has 1 atom stereocenters. The number of carbonyl (C=O) groups is 1. The number of aromatic nitrogens is 3. The summed E-state index contributed by atoms with van der Waals surface area (Å²) in [6.07, 6.45) is 0.631. The Kier molecular flexibility index (Phi) is 4.11. The van der Waals surface area contributed by atoms with E-state index in [9.17, 15) is 9.90 Å². The highest BCUT2D eigenvalue weighted by molar-refractivity contribution is 5.90. The number of aliphatic hydroxyl groups excluding tert-OH is 1. The molecule has 0 saturated heterocycles. The minimum atomic E-state index is -0.639. The van der Waals surface area contributed by atoms with Gasteiger partial charge in [-0.3, -0.25) is 9.89 Å². The van der Waals surface area contributed by atoms with E-state index in [4.69, 9.17) is 0 Å². The Bertz CT molecular complexity index is 416. The summed E-state index contributed by atoms with van der Waals surface area (Å²) in [5.41, 5.74) is -0.823. The van der Waals surface area contributed by atoms with Crippen molar-refractivity contribution in [3.8, 4) is 0 Å². The zero-order chi connectivity index (χ0) is 14.0. The molecule has 1 aromatic rings. The van der Waals surface area contributed by atoms with Gasteiger partial charge in [0, 0.05) is 5.41 Å². The predicted molar refractivity (Wildman–Crippen MR) is 68.3 cm³/mol. The SMILES string of the molecule is CCC(C)(CO)NC(=O)c1n[nH]c(C(C)(C)C)n1. The second kappa shape index (κ2) is 5.06. The van der Waals surface area contributed by atoms with Crippen LogP contribution in [0.15, 0.2) is 0 Å². The van der Waals surface area contributed by atoms with Crippen LogP contribution >= 0.6 is 0 Å². The van der Waals surface area contributed by atoms with E-state index in [2.05, 4.69) is 20.5 Å². The standard InChI is InChI=1S/C12H22N4O2/c1-6-12(5,7-17)14-9(18)8-13-10(16-15-8)11(2,3)4/h17H,6-7H2,1-5H3,(H,14,18)(H,13,15,16). The molecule has 0 aromatic carbocycles. The van der Waals surface area contributed by atoms with Gasteiger partial charge in [0.2, 0.25) is 5.82 Å². The maximum absolute atomic E-state index is 12.0. The van der Waals surface area contributed by atoms with E-state index in [-0.39, 0.29) is 23.8 Å². The third kappa shape index (κ3) is 3.29. The van der Waals surface area contributed by atoms with Crippen molar-refractivity contribution in [2.24, 2.45) is 0 Å². The molecule has 0 radical (unpaired) electrons. The Balaban J connectivity index is 2.83. The number of nitrogens with one attached hydrogen (secondary N) is 2. The van der Waals surface area contributed by atoms with Gasteiger partial charge >= 0.3 is 0 Å². The van der Waals surface area contributed by atoms with E-state index in [0.717, 1.165) is 0 Å². The summed E-state index contributed by atoms with van der Waals surface area (Å²) in [6, 6.07) is 0. The maximum Gasteiger partial charge on any atom is 0.291 e. The van der Waals surface area contributed by atoms with E-state index < -0.39 is 5.54 Å². The molecule has 1 aromatic heterocycles. The molecule has 3 N–H and O–H groups in total. The van der Waals surface area contributed by atoms with Crippen molar-refractivity contribution in [1.29, 1.82) is 0 Å². The zero-order valence-corrected chi connectivity index (χ0v) is 11.7. The lowest BCUT2D eigenvalue weighted by Gasteiger charge is -2.26. The fourth-order valence-electron chi connectivity index (χ4n) is 1.27. The van der Waals surface area contributed by atoms with Gasteiger partial charge in [-0.1, -0.05) is 27.7 Å². The Morgan fingerprint density at radius 3 is 2.39 bits per heavy atom. The Hall–Kier alpha value is -1.43. The van der Waals surface area contributed by atoms with Crippen molar-refractivity contribution in [2.45, 2.75) is 52.0 Å². The molecule has 1 rings (SSSR count). The highest BCUT2D eigenvalue weighted by atomic mass is 16.3. The van der Waals surface area contributed by atoms with Crippen LogP contribution in [0, 0.1) is 0 Å². The van der Waals surface area contributed by atoms with Crippen LogP contribution in [0.1, 0.15) is 57.5 Å². The fraction of sp³-hybridized carbons (Fsp3) is 0.750. The third-order valence-corrected chi connectivity index (χ3v) is 2.94. The van der Waals surface area contributed by atoms with Crippen LogP contribution in [-0.4, -0.2) is 38.3 Å². The van der Waals surface area contributed by atoms with Crippen LogP contribution in [0.25, 0.3) is 0 Å². The Morgan fingerprint density at radius 2 is 2.00 bits per heavy atom. The molecule has 0 fully saturated rings. The number of hydrogen-bond donors (Lipinski definition) is 3. The molecule has 0 aliphatic heterocycles. The number of H-pyrrole nitrogens is 1. The fourth-order valence-corrected chi connectivity index (χ4v) is 1.27. The van der Waals surface area contributed by atoms with Crippen molar-refractivity contribution in [3.63, 3.8) is 0 Å². The van der Waals surface area contributed by atoms with Gasteiger partial charge < -0.3 is 10.4 Å². The smallest absolute Gasteiger partial charge is 0.291 e. The minimum absolute atomic E-state index is 0.105. The number of amides is 1. The molecule has 0 saturated carbocycles. The average molecular weight is 254 g/mol. The summed E-state index contributed by atoms with van der Waals surface area (Å²) in [5.74, 6) is 0.392. The van der Waals surface area contributed by atoms with E-state index in [1.807, 2.05) is 27.7 Å². The number of nitrogens with zero attached hydrogens (tertiary/aromatic N) is 2. The molecule has 102 valence electrons. The lowest BCUT2D eigenvalue weighted by Crippen LogP contribution is -2.48. The highest BCUT2D eigenvalue weighted by Crippen LogP contribution is 2.17. The average Bonchev–Trinajstić information content (AvgIpc) is 2.77. The summed E-state index contributed by atoms with van der Waals surface area (Å²) < 4.78 is 0. The highest BCUT2D eigenvalue weighted by Gasteiger charge is 2.27. The summed E-state index contributed by atoms with van der Waals surface area (Å²) in [6.45, 7) is 9.51. The largest absolute Gasteiger partial charge is 0.394 e. The number of carbonyl (C=O) groups excluding carboxylic acids is 1. The first-order chi connectivity index (χ1) is 8.22. The van der Waals surface area contributed by atoms with Crippen LogP contribution in [-0.2, 0) is 5.41 Å². The van der Waals surface area contributed by atoms with Crippen molar-refractivity contribution < 1.29 is 9.90 Å². The Morgan fingerprint density at radius 1 is 1.39 bits per heavy atom. The molecule has 6 heteroatoms. The molecular weight excluding hydrogens is 232 g/mol. The maximum atomic E-state index is 12.0. The first-order valence-electron chi connectivity index (χ1n) is 6.08. The first-order valence-corrected chi connectivity index (χ1v) is 6.08. The quantitative estimate of drug-likeness (QED) is 0.747. The van der Waals surface area contributed by atoms with E-state index in [1.54, 1.807) is 6.92 Å². The second-order valence-corrected chi connectivity index (χ2v) is 5.78. The van der Waals surface area contributed by atoms with Crippen LogP contribution in [0.5, 0.6) is 0 Å². The summed E-state index contributed by atoms with van der Waals surface area (Å²) in [4.78, 5) is 16.1. The number of hydrogen-bond acceptors (Lipinski definition) is 4. The van der Waals surface area contributed by atoms with Crippen molar-refractivity contribution >= 4 is 5.91 Å². The molecule has 0 spiro atoms. The van der Waals surface area contributed by atoms with Gasteiger partial charge in [-0.15, -0.1) is 5.10 Å². The van der Waals surface area contributed by atoms with Gasteiger partial charge in [0.05, 0.1) is 12.1 Å². The summed E-state index contributed by atoms with van der Waals surface area (Å²) in [7, 11) is 0. The van der Waals surface area contributed by atoms with Crippen LogP contribution in [0.2, 0.25) is 0 Å². The van der Waals surface area contributed by atoms with Gasteiger partial charge in [0.15, 0.2) is 0 Å². The minimum Gasteiger partial charge on any atom is -0.394 e. The van der Waals surface area contributed by atoms with Gasteiger partial charge in [0.1, 0.15) is 5.82 Å². The predicted octanol–water partition coefficient (Wildman–Crippen LogP) is 0.993. The molecule has 6 nitrogen and oxygen atoms in total. The van der Waals surface area contributed by atoms with Crippen LogP contribution in [0.3, 0.4) is 0 Å². The monoisotopic (exact) mass is 254 g/mol. The summed E-state index contributed by atoms with van der Waals surface area (Å²) in [5, 5.41) is 18.7. The van der Waals surface area contributed by atoms with Gasteiger partial charge in [-0.2, -0.15) is 0 Å². The van der Waals surface area contributed by atoms with Crippen molar-refractivity contribution in [2.75, 3.05) is 6.61 Å². The summed E-state index contributed by atoms with van der Waals surface area (Å²) >= 11 is 0. The first kappa shape index (κ1) is 14.6. The van der Waals surface area contributed by atoms with Gasteiger partial charge in [-0.05, 0) is 13.3 Å².